The van der Waals surface area contributed by atoms with Gasteiger partial charge in [-0.25, -0.2) is 4.98 Å². The van der Waals surface area contributed by atoms with Crippen molar-refractivity contribution in [1.29, 1.82) is 0 Å². The molecule has 3 aromatic rings. The lowest BCUT2D eigenvalue weighted by molar-refractivity contribution is -0.140. The Kier molecular flexibility index (Phi) is 7.34. The van der Waals surface area contributed by atoms with Crippen LogP contribution in [0.15, 0.2) is 36.7 Å². The molecule has 0 spiro atoms. The molecule has 3 rings (SSSR count). The highest BCUT2D eigenvalue weighted by atomic mass is 19.4. The quantitative estimate of drug-likeness (QED) is 0.271. The van der Waals surface area contributed by atoms with E-state index in [9.17, 15) is 22.8 Å². The number of hydrogen-bond acceptors (Lipinski definition) is 5. The molecule has 9 nitrogen and oxygen atoms in total. The molecule has 0 atom stereocenters. The number of halogens is 3. The molecule has 0 fully saturated rings. The lowest BCUT2D eigenvalue weighted by Crippen LogP contribution is -2.15. The van der Waals surface area contributed by atoms with Gasteiger partial charge >= 0.3 is 12.1 Å². The van der Waals surface area contributed by atoms with Crippen molar-refractivity contribution in [2.75, 3.05) is 18.5 Å². The third-order valence-corrected chi connectivity index (χ3v) is 4.21. The summed E-state index contributed by atoms with van der Waals surface area (Å²) in [7, 11) is 1.71. The Morgan fingerprint density at radius 3 is 2.82 bits per heavy atom. The van der Waals surface area contributed by atoms with Crippen molar-refractivity contribution in [2.24, 2.45) is 7.05 Å². The van der Waals surface area contributed by atoms with Crippen LogP contribution >= 0.6 is 0 Å². The van der Waals surface area contributed by atoms with E-state index in [0.29, 0.717) is 36.8 Å². The van der Waals surface area contributed by atoms with Gasteiger partial charge in [-0.3, -0.25) is 14.3 Å². The molecule has 2 heterocycles. The van der Waals surface area contributed by atoms with Gasteiger partial charge in [0.15, 0.2) is 0 Å². The first-order valence-electron chi connectivity index (χ1n) is 9.65. The number of aromatic amines is 1. The fourth-order valence-electron chi connectivity index (χ4n) is 2.68. The van der Waals surface area contributed by atoms with Gasteiger partial charge in [0, 0.05) is 31.3 Å². The second-order valence-electron chi connectivity index (χ2n) is 6.71. The van der Waals surface area contributed by atoms with Gasteiger partial charge in [-0.05, 0) is 36.6 Å². The zero-order chi connectivity index (χ0) is 23.8. The van der Waals surface area contributed by atoms with E-state index < -0.39 is 17.8 Å². The summed E-state index contributed by atoms with van der Waals surface area (Å²) in [4.78, 5) is 28.6. The van der Waals surface area contributed by atoms with Crippen LogP contribution in [0.3, 0.4) is 0 Å². The van der Waals surface area contributed by atoms with Gasteiger partial charge < -0.3 is 20.4 Å². The molecule has 0 aliphatic heterocycles. The molecule has 12 heteroatoms. The van der Waals surface area contributed by atoms with E-state index in [1.807, 2.05) is 0 Å². The van der Waals surface area contributed by atoms with E-state index in [-0.39, 0.29) is 23.9 Å². The van der Waals surface area contributed by atoms with Gasteiger partial charge in [0.1, 0.15) is 23.0 Å². The van der Waals surface area contributed by atoms with Crippen molar-refractivity contribution in [3.8, 4) is 29.0 Å². The summed E-state index contributed by atoms with van der Waals surface area (Å²) in [6, 6.07) is 6.07. The molecule has 1 aromatic carbocycles. The Morgan fingerprint density at radius 1 is 1.33 bits per heavy atom. The van der Waals surface area contributed by atoms with Crippen LogP contribution in [-0.2, 0) is 22.8 Å². The Labute approximate surface area is 186 Å². The fraction of sp³-hybridized carbons (Fsp3) is 0.238. The molecule has 0 saturated carbocycles. The summed E-state index contributed by atoms with van der Waals surface area (Å²) >= 11 is 0. The summed E-state index contributed by atoms with van der Waals surface area (Å²) in [5.74, 6) is 4.60. The third-order valence-electron chi connectivity index (χ3n) is 4.21. The summed E-state index contributed by atoms with van der Waals surface area (Å²) in [5.41, 5.74) is -0.0993. The van der Waals surface area contributed by atoms with E-state index >= 15 is 0 Å². The van der Waals surface area contributed by atoms with Crippen LogP contribution in [0.2, 0.25) is 0 Å². The number of nitrogens with zero attached hydrogens (tertiary/aromatic N) is 3. The van der Waals surface area contributed by atoms with Gasteiger partial charge in [-0.15, -0.1) is 0 Å². The van der Waals surface area contributed by atoms with Crippen molar-refractivity contribution >= 4 is 18.0 Å². The number of aryl methyl sites for hydroxylation is 1. The monoisotopic (exact) mass is 460 g/mol. The number of rotatable bonds is 8. The van der Waals surface area contributed by atoms with E-state index in [4.69, 9.17) is 4.74 Å². The van der Waals surface area contributed by atoms with Crippen molar-refractivity contribution in [2.45, 2.75) is 12.6 Å². The number of H-pyrrole nitrogens is 1. The number of nitrogens with one attached hydrogen (secondary N) is 3. The molecule has 172 valence electrons. The maximum absolute atomic E-state index is 12.9. The van der Waals surface area contributed by atoms with Crippen LogP contribution < -0.4 is 15.4 Å². The highest BCUT2D eigenvalue weighted by molar-refractivity contribution is 6.05. The lowest BCUT2D eigenvalue weighted by Gasteiger charge is -2.13. The highest BCUT2D eigenvalue weighted by Crippen LogP contribution is 2.32. The smallest absolute Gasteiger partial charge is 0.432 e. The molecule has 0 aliphatic rings. The van der Waals surface area contributed by atoms with Crippen molar-refractivity contribution in [1.82, 2.24) is 25.1 Å². The molecule has 0 aliphatic carbocycles. The first kappa shape index (κ1) is 23.4. The van der Waals surface area contributed by atoms with Gasteiger partial charge in [-0.1, -0.05) is 0 Å². The normalized spacial score (nSPS) is 10.8. The number of hydrogen-bond donors (Lipinski definition) is 3. The molecule has 0 bridgehead atoms. The summed E-state index contributed by atoms with van der Waals surface area (Å²) in [6.07, 6.45) is -1.13. The van der Waals surface area contributed by atoms with Crippen LogP contribution in [0.4, 0.5) is 18.9 Å². The SMILES string of the molecule is Cn1ccc(C#CC(=O)Nc2cc(-c3ncc(C(F)(F)F)[nH]3)ccc2OCCCNC=O)n1. The van der Waals surface area contributed by atoms with Crippen LogP contribution in [0.1, 0.15) is 17.8 Å². The molecule has 2 amide bonds. The molecule has 0 radical (unpaired) electrons. The molecule has 3 N–H and O–H groups in total. The molecule has 0 saturated heterocycles. The zero-order valence-corrected chi connectivity index (χ0v) is 17.4. The maximum Gasteiger partial charge on any atom is 0.432 e. The standard InChI is InChI=1S/C21H19F3N6O3/c1-30-9-7-15(29-30)4-6-19(32)27-16-11-14(20-26-12-18(28-20)21(22,23)24)3-5-17(16)33-10-2-8-25-13-31/h3,5,7,9,11-13H,2,8,10H2,1H3,(H,25,31)(H,26,28)(H,27,32). The average molecular weight is 460 g/mol. The molecule has 2 aromatic heterocycles. The Hall–Kier alpha value is -4.27. The minimum Gasteiger partial charge on any atom is -0.491 e. The van der Waals surface area contributed by atoms with Crippen LogP contribution in [-0.4, -0.2) is 45.2 Å². The number of ether oxygens (including phenoxy) is 1. The first-order chi connectivity index (χ1) is 15.8. The van der Waals surface area contributed by atoms with Crippen LogP contribution in [0.5, 0.6) is 5.75 Å². The number of benzene rings is 1. The lowest BCUT2D eigenvalue weighted by atomic mass is 10.1. The highest BCUT2D eigenvalue weighted by Gasteiger charge is 2.33. The largest absolute Gasteiger partial charge is 0.491 e. The van der Waals surface area contributed by atoms with E-state index in [0.717, 1.165) is 0 Å². The Bertz CT molecular complexity index is 1190. The Morgan fingerprint density at radius 2 is 2.15 bits per heavy atom. The van der Waals surface area contributed by atoms with Gasteiger partial charge in [0.25, 0.3) is 0 Å². The predicted molar refractivity (Wildman–Crippen MR) is 112 cm³/mol. The molecular formula is C21H19F3N6O3. The minimum atomic E-state index is -4.57. The second kappa shape index (κ2) is 10.4. The topological polar surface area (TPSA) is 114 Å². The number of carbonyl (C=O) groups excluding carboxylic acids is 2. The Balaban J connectivity index is 1.82. The first-order valence-corrected chi connectivity index (χ1v) is 9.65. The van der Waals surface area contributed by atoms with E-state index in [2.05, 4.69) is 37.5 Å². The number of amides is 2. The average Bonchev–Trinajstić information content (AvgIpc) is 3.42. The van der Waals surface area contributed by atoms with Crippen molar-refractivity contribution in [3.05, 3.63) is 48.0 Å². The third kappa shape index (κ3) is 6.60. The molecule has 33 heavy (non-hydrogen) atoms. The van der Waals surface area contributed by atoms with Gasteiger partial charge in [-0.2, -0.15) is 18.3 Å². The predicted octanol–water partition coefficient (Wildman–Crippen LogP) is 2.33. The second-order valence-corrected chi connectivity index (χ2v) is 6.71. The summed E-state index contributed by atoms with van der Waals surface area (Å²) in [5, 5.41) is 9.13. The molecular weight excluding hydrogens is 441 g/mol. The minimum absolute atomic E-state index is 0.0286. The number of imidazole rings is 1. The number of aromatic nitrogens is 4. The van der Waals surface area contributed by atoms with Crippen LogP contribution in [0, 0.1) is 11.8 Å². The molecule has 0 unspecified atom stereocenters. The van der Waals surface area contributed by atoms with Gasteiger partial charge in [0.2, 0.25) is 6.41 Å². The zero-order valence-electron chi connectivity index (χ0n) is 17.4. The van der Waals surface area contributed by atoms with Crippen LogP contribution in [0.25, 0.3) is 11.4 Å². The number of alkyl halides is 3. The summed E-state index contributed by atoms with van der Waals surface area (Å²) in [6.45, 7) is 0.618. The number of anilines is 1. The fourth-order valence-corrected chi connectivity index (χ4v) is 2.68. The van der Waals surface area contributed by atoms with Crippen molar-refractivity contribution in [3.63, 3.8) is 0 Å². The van der Waals surface area contributed by atoms with E-state index in [1.54, 1.807) is 19.3 Å². The number of carbonyl (C=O) groups is 2. The van der Waals surface area contributed by atoms with Crippen molar-refractivity contribution < 1.29 is 27.5 Å². The van der Waals surface area contributed by atoms with Gasteiger partial charge in [0.05, 0.1) is 18.5 Å². The van der Waals surface area contributed by atoms with E-state index in [1.165, 1.54) is 22.9 Å². The maximum atomic E-state index is 12.9. The summed E-state index contributed by atoms with van der Waals surface area (Å²) < 4.78 is 45.9.